The first-order valence-electron chi connectivity index (χ1n) is 5.15. The molecule has 0 N–H and O–H groups in total. The Labute approximate surface area is 85.2 Å². The van der Waals surface area contributed by atoms with Gasteiger partial charge in [-0.3, -0.25) is 4.79 Å². The summed E-state index contributed by atoms with van der Waals surface area (Å²) >= 11 is 0. The average Bonchev–Trinajstić information content (AvgIpc) is 2.48. The first-order chi connectivity index (χ1) is 6.58. The molecule has 0 aliphatic heterocycles. The molecule has 1 heteroatoms. The Balaban J connectivity index is 2.21. The minimum Gasteiger partial charge on any atom is -0.295 e. The molecule has 0 radical (unpaired) electrons. The number of hydrogen-bond donors (Lipinski definition) is 0. The standard InChI is InChI=1S/C13H16O/c1-8-4-12-6-11(10(3)14)7-13(12)5-9(8)2/h6H,4-5,7H2,1-3H3. The van der Waals surface area contributed by atoms with Crippen molar-refractivity contribution in [1.82, 2.24) is 0 Å². The molecule has 1 nitrogen and oxygen atoms in total. The summed E-state index contributed by atoms with van der Waals surface area (Å²) in [5.74, 6) is 0.231. The Morgan fingerprint density at radius 2 is 1.79 bits per heavy atom. The van der Waals surface area contributed by atoms with Crippen LogP contribution in [0.4, 0.5) is 0 Å². The molecule has 0 spiro atoms. The van der Waals surface area contributed by atoms with E-state index in [2.05, 4.69) is 19.9 Å². The third-order valence-electron chi connectivity index (χ3n) is 3.32. The Morgan fingerprint density at radius 3 is 2.43 bits per heavy atom. The summed E-state index contributed by atoms with van der Waals surface area (Å²) in [5, 5.41) is 0. The lowest BCUT2D eigenvalue weighted by atomic mass is 9.89. The minimum atomic E-state index is 0.231. The Bertz CT molecular complexity index is 391. The molecule has 0 heterocycles. The number of rotatable bonds is 1. The van der Waals surface area contributed by atoms with Crippen molar-refractivity contribution < 1.29 is 4.79 Å². The van der Waals surface area contributed by atoms with Crippen LogP contribution in [0.5, 0.6) is 0 Å². The number of ketones is 1. The van der Waals surface area contributed by atoms with Crippen LogP contribution in [0.3, 0.4) is 0 Å². The number of hydrogen-bond acceptors (Lipinski definition) is 1. The molecule has 0 atom stereocenters. The summed E-state index contributed by atoms with van der Waals surface area (Å²) < 4.78 is 0. The lowest BCUT2D eigenvalue weighted by Gasteiger charge is -2.17. The van der Waals surface area contributed by atoms with Gasteiger partial charge in [-0.15, -0.1) is 0 Å². The summed E-state index contributed by atoms with van der Waals surface area (Å²) in [5.41, 5.74) is 6.83. The molecule has 2 aliphatic rings. The van der Waals surface area contributed by atoms with E-state index in [1.165, 1.54) is 22.3 Å². The molecule has 0 aromatic rings. The lowest BCUT2D eigenvalue weighted by molar-refractivity contribution is -0.113. The number of allylic oxidation sites excluding steroid dienone is 6. The van der Waals surface area contributed by atoms with E-state index in [1.807, 2.05) is 0 Å². The largest absolute Gasteiger partial charge is 0.295 e. The smallest absolute Gasteiger partial charge is 0.156 e. The number of carbonyl (C=O) groups is 1. The van der Waals surface area contributed by atoms with Crippen molar-refractivity contribution in [3.05, 3.63) is 33.9 Å². The fourth-order valence-corrected chi connectivity index (χ4v) is 2.19. The molecule has 0 saturated heterocycles. The average molecular weight is 188 g/mol. The highest BCUT2D eigenvalue weighted by molar-refractivity contribution is 5.95. The minimum absolute atomic E-state index is 0.231. The van der Waals surface area contributed by atoms with E-state index in [-0.39, 0.29) is 5.78 Å². The first-order valence-corrected chi connectivity index (χ1v) is 5.15. The fraction of sp³-hybridized carbons (Fsp3) is 0.462. The predicted molar refractivity (Wildman–Crippen MR) is 58.0 cm³/mol. The zero-order chi connectivity index (χ0) is 10.3. The van der Waals surface area contributed by atoms with Crippen LogP contribution in [0.25, 0.3) is 0 Å². The number of Topliss-reactive ketones (excluding diaryl/α,β-unsaturated/α-hetero) is 1. The van der Waals surface area contributed by atoms with Crippen molar-refractivity contribution in [2.24, 2.45) is 0 Å². The molecule has 0 saturated carbocycles. The molecule has 0 aromatic carbocycles. The van der Waals surface area contributed by atoms with Crippen molar-refractivity contribution in [2.45, 2.75) is 40.0 Å². The first kappa shape index (κ1) is 9.45. The molecule has 0 unspecified atom stereocenters. The van der Waals surface area contributed by atoms with E-state index in [0.29, 0.717) is 0 Å². The molecule has 2 aliphatic carbocycles. The second-order valence-corrected chi connectivity index (χ2v) is 4.45. The third-order valence-corrected chi connectivity index (χ3v) is 3.32. The summed E-state index contributed by atoms with van der Waals surface area (Å²) in [4.78, 5) is 11.2. The van der Waals surface area contributed by atoms with Gasteiger partial charge in [-0.25, -0.2) is 0 Å². The summed E-state index contributed by atoms with van der Waals surface area (Å²) in [7, 11) is 0. The zero-order valence-corrected chi connectivity index (χ0v) is 9.11. The van der Waals surface area contributed by atoms with Crippen LogP contribution in [-0.4, -0.2) is 5.78 Å². The van der Waals surface area contributed by atoms with E-state index < -0.39 is 0 Å². The van der Waals surface area contributed by atoms with Crippen molar-refractivity contribution in [2.75, 3.05) is 0 Å². The quantitative estimate of drug-likeness (QED) is 0.577. The summed E-state index contributed by atoms with van der Waals surface area (Å²) in [6.07, 6.45) is 5.13. The van der Waals surface area contributed by atoms with Crippen LogP contribution in [-0.2, 0) is 4.79 Å². The second-order valence-electron chi connectivity index (χ2n) is 4.45. The van der Waals surface area contributed by atoms with Gasteiger partial charge in [0.2, 0.25) is 0 Å². The molecule has 14 heavy (non-hydrogen) atoms. The Morgan fingerprint density at radius 1 is 1.14 bits per heavy atom. The summed E-state index contributed by atoms with van der Waals surface area (Å²) in [6.45, 7) is 6.06. The van der Waals surface area contributed by atoms with E-state index in [9.17, 15) is 4.79 Å². The molecule has 0 bridgehead atoms. The van der Waals surface area contributed by atoms with Crippen molar-refractivity contribution in [1.29, 1.82) is 0 Å². The highest BCUT2D eigenvalue weighted by Crippen LogP contribution is 2.38. The maximum atomic E-state index is 11.2. The van der Waals surface area contributed by atoms with Gasteiger partial charge in [-0.05, 0) is 51.2 Å². The van der Waals surface area contributed by atoms with Gasteiger partial charge in [0.15, 0.2) is 5.78 Å². The lowest BCUT2D eigenvalue weighted by Crippen LogP contribution is -1.98. The van der Waals surface area contributed by atoms with E-state index in [1.54, 1.807) is 6.92 Å². The van der Waals surface area contributed by atoms with Crippen LogP contribution in [0, 0.1) is 0 Å². The topological polar surface area (TPSA) is 17.1 Å². The molecule has 0 fully saturated rings. The van der Waals surface area contributed by atoms with Gasteiger partial charge in [0.1, 0.15) is 0 Å². The van der Waals surface area contributed by atoms with Crippen LogP contribution in [0.15, 0.2) is 33.9 Å². The van der Waals surface area contributed by atoms with Gasteiger partial charge in [0.05, 0.1) is 0 Å². The van der Waals surface area contributed by atoms with E-state index in [4.69, 9.17) is 0 Å². The van der Waals surface area contributed by atoms with Crippen LogP contribution in [0.1, 0.15) is 40.0 Å². The zero-order valence-electron chi connectivity index (χ0n) is 9.11. The van der Waals surface area contributed by atoms with Gasteiger partial charge < -0.3 is 0 Å². The highest BCUT2D eigenvalue weighted by Gasteiger charge is 2.22. The van der Waals surface area contributed by atoms with Crippen molar-refractivity contribution in [3.8, 4) is 0 Å². The van der Waals surface area contributed by atoms with Gasteiger partial charge in [0.25, 0.3) is 0 Å². The third kappa shape index (κ3) is 1.47. The van der Waals surface area contributed by atoms with Crippen LogP contribution >= 0.6 is 0 Å². The van der Waals surface area contributed by atoms with E-state index in [0.717, 1.165) is 24.8 Å². The maximum absolute atomic E-state index is 11.2. The highest BCUT2D eigenvalue weighted by atomic mass is 16.1. The van der Waals surface area contributed by atoms with E-state index >= 15 is 0 Å². The van der Waals surface area contributed by atoms with Crippen LogP contribution < -0.4 is 0 Å². The summed E-state index contributed by atoms with van der Waals surface area (Å²) in [6, 6.07) is 0. The van der Waals surface area contributed by atoms with Gasteiger partial charge in [-0.1, -0.05) is 22.8 Å². The Hall–Kier alpha value is -1.11. The monoisotopic (exact) mass is 188 g/mol. The maximum Gasteiger partial charge on any atom is 0.156 e. The SMILES string of the molecule is CC(=O)C1=CC2=C(C1)CC(C)=C(C)C2. The predicted octanol–water partition coefficient (Wildman–Crippen LogP) is 3.33. The Kier molecular flexibility index (Phi) is 2.18. The van der Waals surface area contributed by atoms with Gasteiger partial charge >= 0.3 is 0 Å². The van der Waals surface area contributed by atoms with Crippen molar-refractivity contribution in [3.63, 3.8) is 0 Å². The van der Waals surface area contributed by atoms with Crippen LogP contribution in [0.2, 0.25) is 0 Å². The molecule has 0 amide bonds. The molecule has 2 rings (SSSR count). The second kappa shape index (κ2) is 3.23. The number of carbonyl (C=O) groups excluding carboxylic acids is 1. The van der Waals surface area contributed by atoms with Gasteiger partial charge in [0, 0.05) is 0 Å². The molecular weight excluding hydrogens is 172 g/mol. The molecule has 0 aromatic heterocycles. The normalized spacial score (nSPS) is 21.2. The molecular formula is C13H16O. The van der Waals surface area contributed by atoms with Gasteiger partial charge in [-0.2, -0.15) is 0 Å². The van der Waals surface area contributed by atoms with Crippen molar-refractivity contribution >= 4 is 5.78 Å². The fourth-order valence-electron chi connectivity index (χ4n) is 2.19. The molecule has 74 valence electrons.